The summed E-state index contributed by atoms with van der Waals surface area (Å²) in [5.74, 6) is 3.28. The molecule has 1 aliphatic heterocycles. The molecule has 0 radical (unpaired) electrons. The van der Waals surface area contributed by atoms with E-state index < -0.39 is 0 Å². The SMILES string of the molecule is CB1[C-]=CCN1C(C)(C)C.[Li+]. The molecule has 0 aromatic rings. The zero-order valence-electron chi connectivity index (χ0n) is 8.31. The number of hydrogen-bond donors (Lipinski definition) is 0. The standard InChI is InChI=1S/C8H15BN.Li/c1-8(2,3)10-7-5-6-9(10)4;/h5H,7H2,1-4H3;/q-1;+1. The molecule has 1 rings (SSSR count). The van der Waals surface area contributed by atoms with Crippen LogP contribution in [0.2, 0.25) is 6.82 Å². The Kier molecular flexibility index (Phi) is 3.98. The van der Waals surface area contributed by atoms with Crippen LogP contribution in [0, 0.1) is 5.98 Å². The van der Waals surface area contributed by atoms with Gasteiger partial charge in [-0.25, -0.2) is 0 Å². The molecule has 0 aliphatic carbocycles. The summed E-state index contributed by atoms with van der Waals surface area (Å²) in [6, 6.07) is 0. The van der Waals surface area contributed by atoms with Gasteiger partial charge in [-0.05, 0) is 32.9 Å². The van der Waals surface area contributed by atoms with Gasteiger partial charge in [-0.2, -0.15) is 0 Å². The summed E-state index contributed by atoms with van der Waals surface area (Å²) in [4.78, 5) is 2.42. The Morgan fingerprint density at radius 1 is 1.45 bits per heavy atom. The van der Waals surface area contributed by atoms with Crippen molar-refractivity contribution < 1.29 is 18.9 Å². The molecule has 0 spiro atoms. The predicted molar refractivity (Wildman–Crippen MR) is 45.9 cm³/mol. The zero-order chi connectivity index (χ0) is 7.78. The molecular formula is C8H15BLiN. The van der Waals surface area contributed by atoms with Crippen molar-refractivity contribution in [1.29, 1.82) is 0 Å². The van der Waals surface area contributed by atoms with Crippen LogP contribution in [0.5, 0.6) is 0 Å². The molecule has 56 valence electrons. The summed E-state index contributed by atoms with van der Waals surface area (Å²) in [6.45, 7) is 10.5. The topological polar surface area (TPSA) is 3.24 Å². The Hall–Kier alpha value is 0.362. The fourth-order valence-electron chi connectivity index (χ4n) is 1.42. The van der Waals surface area contributed by atoms with Crippen LogP contribution in [-0.2, 0) is 0 Å². The molecule has 0 atom stereocenters. The fraction of sp³-hybridized carbons (Fsp3) is 0.750. The average Bonchev–Trinajstić information content (AvgIpc) is 2.11. The van der Waals surface area contributed by atoms with Gasteiger partial charge < -0.3 is 10.8 Å². The van der Waals surface area contributed by atoms with E-state index in [1.165, 1.54) is 0 Å². The predicted octanol–water partition coefficient (Wildman–Crippen LogP) is -1.38. The monoisotopic (exact) mass is 143 g/mol. The van der Waals surface area contributed by atoms with Crippen molar-refractivity contribution in [2.75, 3.05) is 6.54 Å². The van der Waals surface area contributed by atoms with Crippen molar-refractivity contribution in [3.8, 4) is 0 Å². The molecule has 0 N–H and O–H groups in total. The van der Waals surface area contributed by atoms with E-state index in [9.17, 15) is 0 Å². The summed E-state index contributed by atoms with van der Waals surface area (Å²) in [7, 11) is 0. The third-order valence-electron chi connectivity index (χ3n) is 1.98. The van der Waals surface area contributed by atoms with Crippen LogP contribution in [0.1, 0.15) is 20.8 Å². The van der Waals surface area contributed by atoms with Gasteiger partial charge in [0.1, 0.15) is 0 Å². The van der Waals surface area contributed by atoms with Gasteiger partial charge in [-0.3, -0.25) is 6.08 Å². The smallest absolute Gasteiger partial charge is 0.510 e. The zero-order valence-corrected chi connectivity index (χ0v) is 8.31. The number of nitrogens with zero attached hydrogens (tertiary/aromatic N) is 1. The molecular weight excluding hydrogens is 128 g/mol. The van der Waals surface area contributed by atoms with Crippen LogP contribution in [0.25, 0.3) is 0 Å². The van der Waals surface area contributed by atoms with E-state index in [0.717, 1.165) is 6.54 Å². The normalized spacial score (nSPS) is 18.7. The largest absolute Gasteiger partial charge is 1.00 e. The van der Waals surface area contributed by atoms with Crippen molar-refractivity contribution in [1.82, 2.24) is 4.81 Å². The molecule has 0 aromatic heterocycles. The number of hydrogen-bond acceptors (Lipinski definition) is 1. The molecule has 0 aromatic carbocycles. The second-order valence-electron chi connectivity index (χ2n) is 3.87. The Morgan fingerprint density at radius 2 is 2.00 bits per heavy atom. The van der Waals surface area contributed by atoms with E-state index in [1.54, 1.807) is 0 Å². The molecule has 1 aliphatic rings. The molecule has 0 bridgehead atoms. The van der Waals surface area contributed by atoms with Crippen LogP contribution in [0.4, 0.5) is 0 Å². The Bertz CT molecular complexity index is 151. The maximum atomic E-state index is 3.28. The minimum Gasteiger partial charge on any atom is -0.510 e. The van der Waals surface area contributed by atoms with Gasteiger partial charge >= 0.3 is 18.9 Å². The maximum absolute atomic E-state index is 3.28. The van der Waals surface area contributed by atoms with E-state index in [-0.39, 0.29) is 18.9 Å². The van der Waals surface area contributed by atoms with Crippen LogP contribution < -0.4 is 18.9 Å². The van der Waals surface area contributed by atoms with Gasteiger partial charge in [-0.15, -0.1) is 0 Å². The van der Waals surface area contributed by atoms with Crippen molar-refractivity contribution in [2.24, 2.45) is 0 Å². The number of rotatable bonds is 0. The molecule has 11 heavy (non-hydrogen) atoms. The molecule has 0 amide bonds. The summed E-state index contributed by atoms with van der Waals surface area (Å²) in [6.07, 6.45) is 2.12. The van der Waals surface area contributed by atoms with E-state index in [4.69, 9.17) is 0 Å². The van der Waals surface area contributed by atoms with Gasteiger partial charge in [0.05, 0.1) is 0 Å². The van der Waals surface area contributed by atoms with Crippen LogP contribution in [0.3, 0.4) is 0 Å². The van der Waals surface area contributed by atoms with Gasteiger partial charge in [-0.1, -0.05) is 6.82 Å². The Labute approximate surface area is 82.5 Å². The second-order valence-corrected chi connectivity index (χ2v) is 3.87. The van der Waals surface area contributed by atoms with Crippen LogP contribution >= 0.6 is 0 Å². The van der Waals surface area contributed by atoms with E-state index in [2.05, 4.69) is 44.5 Å². The Balaban J connectivity index is 0.000001000. The van der Waals surface area contributed by atoms with Gasteiger partial charge in [0.25, 0.3) is 0 Å². The third kappa shape index (κ3) is 2.71. The third-order valence-corrected chi connectivity index (χ3v) is 1.98. The first-order valence-corrected chi connectivity index (χ1v) is 3.86. The van der Waals surface area contributed by atoms with Crippen molar-refractivity contribution in [3.63, 3.8) is 0 Å². The summed E-state index contributed by atoms with van der Waals surface area (Å²) in [5, 5.41) is 0. The van der Waals surface area contributed by atoms with Crippen molar-refractivity contribution >= 4 is 6.85 Å². The van der Waals surface area contributed by atoms with Gasteiger partial charge in [0.2, 0.25) is 0 Å². The Morgan fingerprint density at radius 3 is 2.18 bits per heavy atom. The second kappa shape index (κ2) is 3.85. The van der Waals surface area contributed by atoms with Crippen molar-refractivity contribution in [3.05, 3.63) is 12.1 Å². The quantitative estimate of drug-likeness (QED) is 0.298. The average molecular weight is 143 g/mol. The molecule has 0 saturated carbocycles. The first kappa shape index (κ1) is 11.4. The van der Waals surface area contributed by atoms with Crippen LogP contribution in [0.15, 0.2) is 6.08 Å². The van der Waals surface area contributed by atoms with Crippen LogP contribution in [-0.4, -0.2) is 23.7 Å². The fourth-order valence-corrected chi connectivity index (χ4v) is 1.42. The molecule has 0 saturated heterocycles. The summed E-state index contributed by atoms with van der Waals surface area (Å²) >= 11 is 0. The minimum atomic E-state index is 0. The van der Waals surface area contributed by atoms with Gasteiger partial charge in [0.15, 0.2) is 0 Å². The maximum Gasteiger partial charge on any atom is 1.00 e. The molecule has 0 unspecified atom stereocenters. The van der Waals surface area contributed by atoms with Crippen molar-refractivity contribution in [2.45, 2.75) is 33.1 Å². The minimum absolute atomic E-state index is 0. The van der Waals surface area contributed by atoms with Gasteiger partial charge in [0, 0.05) is 6.85 Å². The molecule has 0 fully saturated rings. The molecule has 1 nitrogen and oxygen atoms in total. The first-order chi connectivity index (χ1) is 4.52. The van der Waals surface area contributed by atoms with E-state index in [1.807, 2.05) is 0 Å². The molecule has 3 heteroatoms. The summed E-state index contributed by atoms with van der Waals surface area (Å²) in [5.41, 5.74) is 0.291. The summed E-state index contributed by atoms with van der Waals surface area (Å²) < 4.78 is 0. The first-order valence-electron chi connectivity index (χ1n) is 3.86. The van der Waals surface area contributed by atoms with E-state index in [0.29, 0.717) is 12.4 Å². The van der Waals surface area contributed by atoms with E-state index >= 15 is 0 Å². The molecule has 1 heterocycles.